The monoisotopic (exact) mass is 502 g/mol. The Labute approximate surface area is 203 Å². The molecule has 12 heteroatoms. The molecule has 0 radical (unpaired) electrons. The van der Waals surface area contributed by atoms with Crippen LogP contribution in [0.5, 0.6) is 0 Å². The minimum Gasteiger partial charge on any atom is -0.394 e. The molecular formula is C22H46O12. The van der Waals surface area contributed by atoms with E-state index in [2.05, 4.69) is 0 Å². The summed E-state index contributed by atoms with van der Waals surface area (Å²) < 4.78 is 53.2. The van der Waals surface area contributed by atoms with Crippen LogP contribution < -0.4 is 0 Å². The van der Waals surface area contributed by atoms with Crippen LogP contribution in [0, 0.1) is 0 Å². The lowest BCUT2D eigenvalue weighted by molar-refractivity contribution is -0.0271. The molecular weight excluding hydrogens is 456 g/mol. The quantitative estimate of drug-likeness (QED) is 0.114. The Morgan fingerprint density at radius 3 is 0.441 bits per heavy atom. The van der Waals surface area contributed by atoms with E-state index in [1.807, 2.05) is 0 Å². The van der Waals surface area contributed by atoms with Gasteiger partial charge in [0.25, 0.3) is 0 Å². The van der Waals surface area contributed by atoms with Gasteiger partial charge in [0.15, 0.2) is 0 Å². The lowest BCUT2D eigenvalue weighted by atomic mass is 10.6. The second-order valence-corrected chi connectivity index (χ2v) is 6.57. The van der Waals surface area contributed by atoms with Gasteiger partial charge in [-0.2, -0.15) is 0 Å². The molecule has 0 aliphatic heterocycles. The Hall–Kier alpha value is -0.480. The highest BCUT2D eigenvalue weighted by Gasteiger charge is 1.95. The second kappa shape index (κ2) is 32.5. The summed E-state index contributed by atoms with van der Waals surface area (Å²) >= 11 is 0. The summed E-state index contributed by atoms with van der Waals surface area (Å²) in [5, 5.41) is 17.1. The molecule has 0 unspecified atom stereocenters. The van der Waals surface area contributed by atoms with Crippen LogP contribution in [0.25, 0.3) is 0 Å². The van der Waals surface area contributed by atoms with Gasteiger partial charge in [-0.25, -0.2) is 0 Å². The van der Waals surface area contributed by atoms with Crippen molar-refractivity contribution in [3.63, 3.8) is 0 Å². The van der Waals surface area contributed by atoms with Crippen molar-refractivity contribution in [1.82, 2.24) is 0 Å². The largest absolute Gasteiger partial charge is 0.394 e. The SMILES string of the molecule is OCCOCCOCCOCCOCCOCCOCCOCCOCCOCCOCCO. The Morgan fingerprint density at radius 2 is 0.324 bits per heavy atom. The summed E-state index contributed by atoms with van der Waals surface area (Å²) in [5.74, 6) is 0. The van der Waals surface area contributed by atoms with Crippen molar-refractivity contribution in [2.75, 3.05) is 145 Å². The number of aliphatic hydroxyl groups is 2. The van der Waals surface area contributed by atoms with Crippen LogP contribution in [0.3, 0.4) is 0 Å². The van der Waals surface area contributed by atoms with Crippen molar-refractivity contribution in [1.29, 1.82) is 0 Å². The molecule has 0 spiro atoms. The van der Waals surface area contributed by atoms with Gasteiger partial charge in [0.2, 0.25) is 0 Å². The summed E-state index contributed by atoms with van der Waals surface area (Å²) in [6, 6.07) is 0. The van der Waals surface area contributed by atoms with E-state index in [4.69, 9.17) is 57.6 Å². The molecule has 0 fully saturated rings. The van der Waals surface area contributed by atoms with E-state index in [0.717, 1.165) is 0 Å². The molecule has 34 heavy (non-hydrogen) atoms. The average Bonchev–Trinajstić information content (AvgIpc) is 2.85. The summed E-state index contributed by atoms with van der Waals surface area (Å²) in [6.07, 6.45) is 0. The van der Waals surface area contributed by atoms with E-state index in [9.17, 15) is 0 Å². The molecule has 0 heterocycles. The average molecular weight is 503 g/mol. The van der Waals surface area contributed by atoms with Gasteiger partial charge in [0.1, 0.15) is 0 Å². The summed E-state index contributed by atoms with van der Waals surface area (Å²) in [5.41, 5.74) is 0. The van der Waals surface area contributed by atoms with Gasteiger partial charge in [0, 0.05) is 0 Å². The van der Waals surface area contributed by atoms with Crippen LogP contribution in [0.1, 0.15) is 0 Å². The van der Waals surface area contributed by atoms with Crippen LogP contribution in [-0.2, 0) is 47.4 Å². The molecule has 0 aliphatic rings. The zero-order valence-corrected chi connectivity index (χ0v) is 20.5. The fourth-order valence-electron chi connectivity index (χ4n) is 2.21. The Morgan fingerprint density at radius 1 is 0.206 bits per heavy atom. The molecule has 0 rings (SSSR count). The van der Waals surface area contributed by atoms with Crippen molar-refractivity contribution in [3.05, 3.63) is 0 Å². The van der Waals surface area contributed by atoms with Gasteiger partial charge in [-0.1, -0.05) is 0 Å². The topological polar surface area (TPSA) is 133 Å². The predicted octanol–water partition coefficient (Wildman–Crippen LogP) is -0.863. The molecule has 0 aromatic rings. The molecule has 0 aromatic heterocycles. The van der Waals surface area contributed by atoms with Gasteiger partial charge in [-0.15, -0.1) is 0 Å². The van der Waals surface area contributed by atoms with E-state index < -0.39 is 0 Å². The van der Waals surface area contributed by atoms with Gasteiger partial charge in [0.05, 0.1) is 145 Å². The zero-order chi connectivity index (χ0) is 24.6. The van der Waals surface area contributed by atoms with Crippen molar-refractivity contribution in [2.24, 2.45) is 0 Å². The molecule has 0 aromatic carbocycles. The standard InChI is InChI=1S/C22H46O12/c23-1-3-25-5-7-27-9-11-29-13-15-31-17-19-33-21-22-34-20-18-32-16-14-30-12-10-28-8-6-26-4-2-24/h23-24H,1-22H2. The first-order valence-electron chi connectivity index (χ1n) is 11.9. The third-order valence-corrected chi connectivity index (χ3v) is 3.82. The Kier molecular flexibility index (Phi) is 32.1. The molecule has 0 aliphatic carbocycles. The van der Waals surface area contributed by atoms with Crippen molar-refractivity contribution in [2.45, 2.75) is 0 Å². The molecule has 0 atom stereocenters. The fraction of sp³-hybridized carbons (Fsp3) is 1.00. The van der Waals surface area contributed by atoms with Gasteiger partial charge in [-0.3, -0.25) is 0 Å². The number of rotatable bonds is 31. The number of ether oxygens (including phenoxy) is 10. The third kappa shape index (κ3) is 31.5. The van der Waals surface area contributed by atoms with E-state index in [1.165, 1.54) is 0 Å². The highest BCUT2D eigenvalue weighted by molar-refractivity contribution is 4.38. The van der Waals surface area contributed by atoms with Crippen LogP contribution in [-0.4, -0.2) is 156 Å². The van der Waals surface area contributed by atoms with Crippen LogP contribution in [0.15, 0.2) is 0 Å². The van der Waals surface area contributed by atoms with E-state index in [1.54, 1.807) is 0 Å². The first kappa shape index (κ1) is 33.5. The highest BCUT2D eigenvalue weighted by Crippen LogP contribution is 1.86. The first-order chi connectivity index (χ1) is 16.9. The van der Waals surface area contributed by atoms with Gasteiger partial charge >= 0.3 is 0 Å². The lowest BCUT2D eigenvalue weighted by Gasteiger charge is -2.09. The molecule has 0 saturated carbocycles. The van der Waals surface area contributed by atoms with Crippen LogP contribution in [0.4, 0.5) is 0 Å². The number of hydrogen-bond acceptors (Lipinski definition) is 12. The summed E-state index contributed by atoms with van der Waals surface area (Å²) in [6.45, 7) is 9.75. The first-order valence-corrected chi connectivity index (χ1v) is 11.9. The maximum atomic E-state index is 8.54. The lowest BCUT2D eigenvalue weighted by Crippen LogP contribution is -2.15. The Bertz CT molecular complexity index is 320. The number of hydrogen-bond donors (Lipinski definition) is 2. The molecule has 0 amide bonds. The van der Waals surface area contributed by atoms with Crippen LogP contribution >= 0.6 is 0 Å². The maximum absolute atomic E-state index is 8.54. The molecule has 0 saturated heterocycles. The van der Waals surface area contributed by atoms with Gasteiger partial charge < -0.3 is 57.6 Å². The molecule has 2 N–H and O–H groups in total. The molecule has 12 nitrogen and oxygen atoms in total. The van der Waals surface area contributed by atoms with Crippen molar-refractivity contribution >= 4 is 0 Å². The van der Waals surface area contributed by atoms with Gasteiger partial charge in [-0.05, 0) is 0 Å². The minimum atomic E-state index is 0.0265. The van der Waals surface area contributed by atoms with Crippen LogP contribution in [0.2, 0.25) is 0 Å². The highest BCUT2D eigenvalue weighted by atomic mass is 16.6. The predicted molar refractivity (Wildman–Crippen MR) is 122 cm³/mol. The molecule has 0 bridgehead atoms. The van der Waals surface area contributed by atoms with Crippen molar-refractivity contribution in [3.8, 4) is 0 Å². The van der Waals surface area contributed by atoms with Crippen molar-refractivity contribution < 1.29 is 57.6 Å². The minimum absolute atomic E-state index is 0.0265. The van der Waals surface area contributed by atoms with E-state index in [-0.39, 0.29) is 13.2 Å². The Balaban J connectivity index is 2.99. The normalized spacial score (nSPS) is 11.5. The third-order valence-electron chi connectivity index (χ3n) is 3.82. The smallest absolute Gasteiger partial charge is 0.0701 e. The molecule has 206 valence electrons. The zero-order valence-electron chi connectivity index (χ0n) is 20.5. The fourth-order valence-corrected chi connectivity index (χ4v) is 2.21. The summed E-state index contributed by atoms with van der Waals surface area (Å²) in [4.78, 5) is 0. The maximum Gasteiger partial charge on any atom is 0.0701 e. The summed E-state index contributed by atoms with van der Waals surface area (Å²) in [7, 11) is 0. The van der Waals surface area contributed by atoms with E-state index >= 15 is 0 Å². The second-order valence-electron chi connectivity index (χ2n) is 6.57. The van der Waals surface area contributed by atoms with E-state index in [0.29, 0.717) is 132 Å². The number of aliphatic hydroxyl groups excluding tert-OH is 2.